The summed E-state index contributed by atoms with van der Waals surface area (Å²) < 4.78 is 12.0. The number of methoxy groups -OCH3 is 1. The van der Waals surface area contributed by atoms with Crippen molar-refractivity contribution in [2.24, 2.45) is 5.41 Å². The molecule has 5 amide bonds. The van der Waals surface area contributed by atoms with E-state index in [-0.39, 0.29) is 18.9 Å². The molecule has 0 radical (unpaired) electrons. The number of imide groups is 1. The Kier molecular flexibility index (Phi) is 11.5. The van der Waals surface area contributed by atoms with Crippen LogP contribution in [0.1, 0.15) is 105 Å². The van der Waals surface area contributed by atoms with Gasteiger partial charge in [0.2, 0.25) is 11.8 Å². The Morgan fingerprint density at radius 3 is 2.35 bits per heavy atom. The highest BCUT2D eigenvalue weighted by Crippen LogP contribution is 2.42. The van der Waals surface area contributed by atoms with Crippen LogP contribution in [0, 0.1) is 5.41 Å². The lowest BCUT2D eigenvalue weighted by Crippen LogP contribution is -2.65. The number of rotatable bonds is 13. The molecule has 13 nitrogen and oxygen atoms in total. The summed E-state index contributed by atoms with van der Waals surface area (Å²) in [6.45, 7) is 13.0. The molecule has 2 aromatic rings. The second kappa shape index (κ2) is 15.3. The van der Waals surface area contributed by atoms with E-state index in [0.717, 1.165) is 52.8 Å². The van der Waals surface area contributed by atoms with Crippen LogP contribution >= 0.6 is 0 Å². The van der Waals surface area contributed by atoms with E-state index in [2.05, 4.69) is 27.3 Å². The highest BCUT2D eigenvalue weighted by molar-refractivity contribution is 6.02. The molecule has 1 unspecified atom stereocenters. The molecule has 1 saturated heterocycles. The number of hydrogen-bond donors (Lipinski definition) is 5. The van der Waals surface area contributed by atoms with Crippen LogP contribution in [0.15, 0.2) is 24.3 Å². The zero-order chi connectivity index (χ0) is 37.2. The third kappa shape index (κ3) is 9.68. The molecule has 1 aliphatic heterocycles. The minimum atomic E-state index is -1.66. The van der Waals surface area contributed by atoms with Crippen LogP contribution in [0.5, 0.6) is 11.6 Å². The first kappa shape index (κ1) is 38.3. The van der Waals surface area contributed by atoms with E-state index in [4.69, 9.17) is 14.5 Å². The molecule has 1 aromatic carbocycles. The number of carbonyl (C=O) groups is 4. The van der Waals surface area contributed by atoms with Gasteiger partial charge in [-0.05, 0) is 87.9 Å². The maximum atomic E-state index is 14.7. The molecule has 2 heterocycles. The fourth-order valence-electron chi connectivity index (χ4n) is 6.48. The van der Waals surface area contributed by atoms with Gasteiger partial charge in [-0.3, -0.25) is 19.3 Å². The zero-order valence-corrected chi connectivity index (χ0v) is 31.3. The number of pyridine rings is 1. The number of ether oxygens (including phenoxy) is 2. The number of fused-ring (bicyclic) bond motifs is 1. The first-order valence-electron chi connectivity index (χ1n) is 18.3. The van der Waals surface area contributed by atoms with Crippen LogP contribution in [-0.2, 0) is 14.4 Å². The van der Waals surface area contributed by atoms with Gasteiger partial charge in [-0.15, -0.1) is 0 Å². The number of aromatic nitrogens is 1. The van der Waals surface area contributed by atoms with Gasteiger partial charge in [0.15, 0.2) is 6.10 Å². The molecular weight excluding hydrogens is 652 g/mol. The number of amides is 5. The fourth-order valence-corrected chi connectivity index (χ4v) is 6.48. The number of benzene rings is 1. The lowest BCUT2D eigenvalue weighted by molar-refractivity contribution is -0.156. The molecule has 5 rings (SSSR count). The molecule has 13 heteroatoms. The average molecular weight is 709 g/mol. The first-order valence-corrected chi connectivity index (χ1v) is 18.3. The van der Waals surface area contributed by atoms with E-state index in [9.17, 15) is 24.3 Å². The number of nitrogens with one attached hydrogen (secondary N) is 4. The minimum Gasteiger partial charge on any atom is -0.497 e. The highest BCUT2D eigenvalue weighted by atomic mass is 16.5. The van der Waals surface area contributed by atoms with Crippen molar-refractivity contribution >= 4 is 34.5 Å². The van der Waals surface area contributed by atoms with Crippen molar-refractivity contribution in [1.29, 1.82) is 0 Å². The third-order valence-electron chi connectivity index (χ3n) is 9.51. The summed E-state index contributed by atoms with van der Waals surface area (Å²) in [5, 5.41) is 24.9. The topological polar surface area (TPSA) is 171 Å². The maximum Gasteiger partial charge on any atom is 0.315 e. The van der Waals surface area contributed by atoms with Crippen molar-refractivity contribution in [2.45, 2.75) is 141 Å². The Labute approximate surface area is 301 Å². The summed E-state index contributed by atoms with van der Waals surface area (Å²) in [5.74, 6) is -0.330. The van der Waals surface area contributed by atoms with E-state index >= 15 is 0 Å². The number of urea groups is 1. The van der Waals surface area contributed by atoms with Crippen LogP contribution in [0.2, 0.25) is 0 Å². The molecule has 51 heavy (non-hydrogen) atoms. The number of nitrogens with zero attached hydrogens (tertiary/aromatic N) is 2. The predicted octanol–water partition coefficient (Wildman–Crippen LogP) is 3.91. The highest BCUT2D eigenvalue weighted by Gasteiger charge is 2.47. The number of carbonyl (C=O) groups excluding carboxylic acids is 4. The molecule has 1 aromatic heterocycles. The number of aliphatic hydroxyl groups is 1. The van der Waals surface area contributed by atoms with Gasteiger partial charge in [0.25, 0.3) is 11.8 Å². The van der Waals surface area contributed by atoms with Gasteiger partial charge < -0.3 is 35.8 Å². The van der Waals surface area contributed by atoms with Crippen molar-refractivity contribution < 1.29 is 33.8 Å². The quantitative estimate of drug-likeness (QED) is 0.207. The fraction of sp³-hybridized carbons (Fsp3) is 0.658. The van der Waals surface area contributed by atoms with Crippen molar-refractivity contribution in [3.63, 3.8) is 0 Å². The van der Waals surface area contributed by atoms with Crippen LogP contribution in [0.4, 0.5) is 4.79 Å². The molecule has 2 saturated carbocycles. The molecule has 0 spiro atoms. The van der Waals surface area contributed by atoms with Crippen molar-refractivity contribution in [3.8, 4) is 11.6 Å². The van der Waals surface area contributed by atoms with Crippen molar-refractivity contribution in [1.82, 2.24) is 31.2 Å². The molecule has 3 aliphatic rings. The Morgan fingerprint density at radius 1 is 1.06 bits per heavy atom. The Hall–Kier alpha value is -3.97. The largest absolute Gasteiger partial charge is 0.497 e. The molecular formula is C38H56N6O7. The van der Waals surface area contributed by atoms with Crippen LogP contribution < -0.4 is 30.7 Å². The van der Waals surface area contributed by atoms with Gasteiger partial charge in [-0.1, -0.05) is 34.1 Å². The molecule has 280 valence electrons. The summed E-state index contributed by atoms with van der Waals surface area (Å²) >= 11 is 0. The van der Waals surface area contributed by atoms with E-state index in [1.807, 2.05) is 45.9 Å². The standard InChI is InChI=1S/C38H56N6O7/c1-9-10-29(30(45)32(46)40-23-13-14-23)44(35(48)31(37(2,3)4)42-36(49)43-38(5,6)7)34(47)28-19-25(20-39-28)51-33-26-16-15-24(50-8)17-22(26)18-27(41-33)21-11-12-21/h15-18,21,23,25,28-31,39,45H,9-14,19-20H2,1-8H3,(H,40,46)(H2,42,43,49)/t25-,28+,29?,30+,31-/m1/s1. The lowest BCUT2D eigenvalue weighted by atomic mass is 9.85. The third-order valence-corrected chi connectivity index (χ3v) is 9.51. The molecule has 3 fully saturated rings. The van der Waals surface area contributed by atoms with E-state index in [0.29, 0.717) is 24.8 Å². The Balaban J connectivity index is 1.43. The average Bonchev–Trinajstić information content (AvgIpc) is 4.00. The zero-order valence-electron chi connectivity index (χ0n) is 31.3. The second-order valence-electron chi connectivity index (χ2n) is 16.4. The van der Waals surface area contributed by atoms with Gasteiger partial charge in [-0.2, -0.15) is 0 Å². The minimum absolute atomic E-state index is 0.0297. The monoisotopic (exact) mass is 708 g/mol. The normalized spacial score (nSPS) is 21.0. The molecule has 5 atom stereocenters. The van der Waals surface area contributed by atoms with Gasteiger partial charge >= 0.3 is 6.03 Å². The first-order chi connectivity index (χ1) is 24.0. The van der Waals surface area contributed by atoms with Gasteiger partial charge in [-0.25, -0.2) is 9.78 Å². The summed E-state index contributed by atoms with van der Waals surface area (Å²) in [4.78, 5) is 61.6. The molecule has 0 bridgehead atoms. The number of aliphatic hydroxyl groups excluding tert-OH is 1. The van der Waals surface area contributed by atoms with E-state index in [1.165, 1.54) is 0 Å². The number of hydrogen-bond acceptors (Lipinski definition) is 9. The molecule has 5 N–H and O–H groups in total. The SMILES string of the molecule is CCCC([C@H](O)C(=O)NC1CC1)N(C(=O)[C@@H]1C[C@@H](Oc2nc(C3CC3)cc3cc(OC)ccc23)CN1)C(=O)[C@@H](NC(=O)NC(C)(C)C)C(C)(C)C. The smallest absolute Gasteiger partial charge is 0.315 e. The van der Waals surface area contributed by atoms with Gasteiger partial charge in [0.05, 0.1) is 19.2 Å². The maximum absolute atomic E-state index is 14.7. The van der Waals surface area contributed by atoms with E-state index in [1.54, 1.807) is 27.9 Å². The summed E-state index contributed by atoms with van der Waals surface area (Å²) in [6, 6.07) is 4.02. The van der Waals surface area contributed by atoms with Crippen molar-refractivity contribution in [3.05, 3.63) is 30.0 Å². The van der Waals surface area contributed by atoms with Crippen LogP contribution in [0.3, 0.4) is 0 Å². The Morgan fingerprint density at radius 2 is 1.76 bits per heavy atom. The summed E-state index contributed by atoms with van der Waals surface area (Å²) in [5.41, 5.74) is -0.460. The van der Waals surface area contributed by atoms with Crippen LogP contribution in [0.25, 0.3) is 10.8 Å². The lowest BCUT2D eigenvalue weighted by Gasteiger charge is -2.40. The second-order valence-corrected chi connectivity index (χ2v) is 16.4. The Bertz CT molecular complexity index is 1610. The van der Waals surface area contributed by atoms with E-state index < -0.39 is 65.0 Å². The summed E-state index contributed by atoms with van der Waals surface area (Å²) in [6.07, 6.45) is 2.53. The van der Waals surface area contributed by atoms with Gasteiger partial charge in [0, 0.05) is 41.5 Å². The molecule has 2 aliphatic carbocycles. The van der Waals surface area contributed by atoms with Crippen LogP contribution in [-0.4, -0.2) is 94.3 Å². The van der Waals surface area contributed by atoms with Crippen molar-refractivity contribution in [2.75, 3.05) is 13.7 Å². The summed E-state index contributed by atoms with van der Waals surface area (Å²) in [7, 11) is 1.63. The predicted molar refractivity (Wildman–Crippen MR) is 193 cm³/mol. The van der Waals surface area contributed by atoms with Gasteiger partial charge in [0.1, 0.15) is 17.9 Å².